The van der Waals surface area contributed by atoms with Crippen molar-refractivity contribution in [3.05, 3.63) is 65.7 Å². The molecule has 1 atom stereocenters. The molecule has 28 heavy (non-hydrogen) atoms. The van der Waals surface area contributed by atoms with E-state index < -0.39 is 5.54 Å². The van der Waals surface area contributed by atoms with Crippen LogP contribution in [0.1, 0.15) is 28.8 Å². The van der Waals surface area contributed by atoms with E-state index >= 15 is 0 Å². The fourth-order valence-corrected chi connectivity index (χ4v) is 3.96. The van der Waals surface area contributed by atoms with E-state index in [9.17, 15) is 14.0 Å². The Morgan fingerprint density at radius 3 is 2.75 bits per heavy atom. The third-order valence-corrected chi connectivity index (χ3v) is 5.49. The number of nitrogens with zero attached hydrogens (tertiary/aromatic N) is 3. The Kier molecular flexibility index (Phi) is 5.09. The van der Waals surface area contributed by atoms with Crippen molar-refractivity contribution in [2.75, 3.05) is 26.3 Å². The lowest BCUT2D eigenvalue weighted by Gasteiger charge is -2.40. The lowest BCUT2D eigenvalue weighted by Crippen LogP contribution is -2.56. The van der Waals surface area contributed by atoms with E-state index in [1.807, 2.05) is 4.90 Å². The molecule has 1 unspecified atom stereocenters. The van der Waals surface area contributed by atoms with E-state index in [2.05, 4.69) is 4.98 Å². The smallest absolute Gasteiger partial charge is 0.255 e. The van der Waals surface area contributed by atoms with Crippen molar-refractivity contribution in [3.8, 4) is 0 Å². The molecule has 2 amide bonds. The molecular formula is C21H22FN3O3. The van der Waals surface area contributed by atoms with Crippen LogP contribution in [-0.4, -0.2) is 58.4 Å². The lowest BCUT2D eigenvalue weighted by molar-refractivity contribution is -0.137. The number of rotatable bonds is 3. The number of benzene rings is 1. The third-order valence-electron chi connectivity index (χ3n) is 5.49. The van der Waals surface area contributed by atoms with Gasteiger partial charge in [0.25, 0.3) is 5.91 Å². The van der Waals surface area contributed by atoms with Gasteiger partial charge in [-0.3, -0.25) is 14.6 Å². The van der Waals surface area contributed by atoms with E-state index in [-0.39, 0.29) is 24.1 Å². The molecular weight excluding hydrogens is 361 g/mol. The van der Waals surface area contributed by atoms with Gasteiger partial charge in [0.1, 0.15) is 5.82 Å². The van der Waals surface area contributed by atoms with Crippen LogP contribution in [0.3, 0.4) is 0 Å². The second kappa shape index (κ2) is 7.67. The number of carbonyl (C=O) groups is 2. The summed E-state index contributed by atoms with van der Waals surface area (Å²) in [5, 5.41) is 0. The highest BCUT2D eigenvalue weighted by Gasteiger charge is 2.47. The normalized spacial score (nSPS) is 22.5. The maximum absolute atomic E-state index is 13.3. The Labute approximate surface area is 162 Å². The van der Waals surface area contributed by atoms with Crippen LogP contribution in [0.2, 0.25) is 0 Å². The van der Waals surface area contributed by atoms with Gasteiger partial charge in [0.2, 0.25) is 5.91 Å². The predicted octanol–water partition coefficient (Wildman–Crippen LogP) is 2.25. The summed E-state index contributed by atoms with van der Waals surface area (Å²) in [5.41, 5.74) is 0.795. The number of carbonyl (C=O) groups excluding carboxylic acids is 2. The Balaban J connectivity index is 1.61. The highest BCUT2D eigenvalue weighted by atomic mass is 19.1. The molecule has 2 aliphatic heterocycles. The molecule has 0 N–H and O–H groups in total. The zero-order chi connectivity index (χ0) is 19.6. The highest BCUT2D eigenvalue weighted by Crippen LogP contribution is 2.32. The summed E-state index contributed by atoms with van der Waals surface area (Å²) in [6, 6.07) is 9.63. The van der Waals surface area contributed by atoms with Gasteiger partial charge in [-0.1, -0.05) is 12.1 Å². The van der Waals surface area contributed by atoms with E-state index in [0.29, 0.717) is 44.8 Å². The second-order valence-electron chi connectivity index (χ2n) is 7.35. The van der Waals surface area contributed by atoms with Crippen molar-refractivity contribution in [2.24, 2.45) is 0 Å². The van der Waals surface area contributed by atoms with E-state index in [1.165, 1.54) is 12.1 Å². The molecule has 2 aromatic rings. The van der Waals surface area contributed by atoms with Crippen LogP contribution in [0.4, 0.5) is 4.39 Å². The predicted molar refractivity (Wildman–Crippen MR) is 99.9 cm³/mol. The van der Waals surface area contributed by atoms with Crippen LogP contribution in [0.15, 0.2) is 48.8 Å². The molecule has 2 aliphatic rings. The summed E-state index contributed by atoms with van der Waals surface area (Å²) in [6.07, 6.45) is 4.08. The standard InChI is InChI=1S/C21H22FN3O3/c22-18-5-3-16(4-6-18)13-25-19(26)7-10-24(14-21(25)8-11-28-15-21)20(27)17-2-1-9-23-12-17/h1-6,9,12H,7-8,10-11,13-15H2. The first-order valence-corrected chi connectivity index (χ1v) is 9.39. The van der Waals surface area contributed by atoms with Crippen molar-refractivity contribution in [1.82, 2.24) is 14.8 Å². The largest absolute Gasteiger partial charge is 0.379 e. The number of ether oxygens (including phenoxy) is 1. The topological polar surface area (TPSA) is 62.7 Å². The van der Waals surface area contributed by atoms with Crippen molar-refractivity contribution in [2.45, 2.75) is 24.9 Å². The minimum Gasteiger partial charge on any atom is -0.379 e. The number of hydrogen-bond acceptors (Lipinski definition) is 4. The van der Waals surface area contributed by atoms with Crippen LogP contribution >= 0.6 is 0 Å². The third kappa shape index (κ3) is 3.62. The quantitative estimate of drug-likeness (QED) is 0.816. The van der Waals surface area contributed by atoms with Crippen molar-refractivity contribution < 1.29 is 18.7 Å². The van der Waals surface area contributed by atoms with Gasteiger partial charge in [0.05, 0.1) is 17.7 Å². The van der Waals surface area contributed by atoms with Crippen molar-refractivity contribution in [1.29, 1.82) is 0 Å². The minimum atomic E-state index is -0.570. The SMILES string of the molecule is O=C(c1cccnc1)N1CCC(=O)N(Cc2ccc(F)cc2)C2(CCOC2)C1. The molecule has 7 heteroatoms. The highest BCUT2D eigenvalue weighted by molar-refractivity contribution is 5.94. The Morgan fingerprint density at radius 2 is 2.07 bits per heavy atom. The zero-order valence-corrected chi connectivity index (χ0v) is 15.5. The number of halogens is 1. The van der Waals surface area contributed by atoms with Crippen LogP contribution in [0, 0.1) is 5.82 Å². The fourth-order valence-electron chi connectivity index (χ4n) is 3.96. The molecule has 0 saturated carbocycles. The van der Waals surface area contributed by atoms with Crippen LogP contribution < -0.4 is 0 Å². The molecule has 6 nitrogen and oxygen atoms in total. The van der Waals surface area contributed by atoms with Gasteiger partial charge in [-0.25, -0.2) is 4.39 Å². The van der Waals surface area contributed by atoms with E-state index in [0.717, 1.165) is 5.56 Å². The fraction of sp³-hybridized carbons (Fsp3) is 0.381. The molecule has 1 spiro atoms. The summed E-state index contributed by atoms with van der Waals surface area (Å²) in [7, 11) is 0. The average Bonchev–Trinajstić information content (AvgIpc) is 3.14. The van der Waals surface area contributed by atoms with Gasteiger partial charge in [-0.15, -0.1) is 0 Å². The number of pyridine rings is 1. The maximum Gasteiger partial charge on any atom is 0.255 e. The number of amides is 2. The molecule has 0 radical (unpaired) electrons. The molecule has 4 rings (SSSR count). The van der Waals surface area contributed by atoms with Gasteiger partial charge in [0, 0.05) is 45.1 Å². The van der Waals surface area contributed by atoms with Crippen molar-refractivity contribution >= 4 is 11.8 Å². The summed E-state index contributed by atoms with van der Waals surface area (Å²) < 4.78 is 18.9. The second-order valence-corrected chi connectivity index (χ2v) is 7.35. The minimum absolute atomic E-state index is 0.0173. The molecule has 2 fully saturated rings. The maximum atomic E-state index is 13.3. The summed E-state index contributed by atoms with van der Waals surface area (Å²) >= 11 is 0. The first-order valence-electron chi connectivity index (χ1n) is 9.39. The molecule has 1 aromatic carbocycles. The molecule has 3 heterocycles. The Bertz CT molecular complexity index is 851. The van der Waals surface area contributed by atoms with Gasteiger partial charge in [-0.2, -0.15) is 0 Å². The Morgan fingerprint density at radius 1 is 1.25 bits per heavy atom. The van der Waals surface area contributed by atoms with Crippen LogP contribution in [-0.2, 0) is 16.1 Å². The van der Waals surface area contributed by atoms with Gasteiger partial charge in [-0.05, 0) is 36.2 Å². The van der Waals surface area contributed by atoms with E-state index in [4.69, 9.17) is 4.74 Å². The number of aromatic nitrogens is 1. The lowest BCUT2D eigenvalue weighted by atomic mass is 9.94. The number of hydrogen-bond donors (Lipinski definition) is 0. The first-order chi connectivity index (χ1) is 13.6. The van der Waals surface area contributed by atoms with Crippen molar-refractivity contribution in [3.63, 3.8) is 0 Å². The van der Waals surface area contributed by atoms with Crippen LogP contribution in [0.25, 0.3) is 0 Å². The summed E-state index contributed by atoms with van der Waals surface area (Å²) in [4.78, 5) is 33.6. The molecule has 1 aromatic heterocycles. The monoisotopic (exact) mass is 383 g/mol. The summed E-state index contributed by atoms with van der Waals surface area (Å²) in [5.74, 6) is -0.454. The molecule has 0 aliphatic carbocycles. The first kappa shape index (κ1) is 18.6. The van der Waals surface area contributed by atoms with Gasteiger partial charge >= 0.3 is 0 Å². The summed E-state index contributed by atoms with van der Waals surface area (Å²) in [6.45, 7) is 2.07. The van der Waals surface area contributed by atoms with Crippen LogP contribution in [0.5, 0.6) is 0 Å². The molecule has 0 bridgehead atoms. The van der Waals surface area contributed by atoms with Gasteiger partial charge < -0.3 is 14.5 Å². The average molecular weight is 383 g/mol. The zero-order valence-electron chi connectivity index (χ0n) is 15.5. The van der Waals surface area contributed by atoms with Gasteiger partial charge in [0.15, 0.2) is 0 Å². The van der Waals surface area contributed by atoms with E-state index in [1.54, 1.807) is 41.6 Å². The molecule has 2 saturated heterocycles. The molecule has 146 valence electrons. The Hall–Kier alpha value is -2.80.